The highest BCUT2D eigenvalue weighted by atomic mass is 16.2. The molecule has 1 amide bonds. The van der Waals surface area contributed by atoms with Crippen LogP contribution in [0.1, 0.15) is 43.2 Å². The summed E-state index contributed by atoms with van der Waals surface area (Å²) in [5.41, 5.74) is -0.377. The minimum Gasteiger partial charge on any atom is -0.352 e. The van der Waals surface area contributed by atoms with Crippen LogP contribution in [0.2, 0.25) is 0 Å². The van der Waals surface area contributed by atoms with E-state index in [-0.39, 0.29) is 17.4 Å². The van der Waals surface area contributed by atoms with Crippen LogP contribution in [0, 0.1) is 12.3 Å². The molecule has 8 heteroatoms. The van der Waals surface area contributed by atoms with Crippen LogP contribution >= 0.6 is 0 Å². The van der Waals surface area contributed by atoms with Crippen molar-refractivity contribution < 1.29 is 4.79 Å². The smallest absolute Gasteiger partial charge is 0.291 e. The molecule has 0 aromatic carbocycles. The van der Waals surface area contributed by atoms with Crippen molar-refractivity contribution in [3.8, 4) is 12.3 Å². The number of carbonyl (C=O) groups excluding carboxylic acids is 1. The Morgan fingerprint density at radius 3 is 3.09 bits per heavy atom. The van der Waals surface area contributed by atoms with E-state index in [4.69, 9.17) is 6.42 Å². The van der Waals surface area contributed by atoms with Crippen molar-refractivity contribution in [2.45, 2.75) is 50.9 Å². The Hall–Kier alpha value is -2.43. The molecule has 0 saturated heterocycles. The molecule has 3 rings (SSSR count). The van der Waals surface area contributed by atoms with Gasteiger partial charge in [0, 0.05) is 38.4 Å². The van der Waals surface area contributed by atoms with Gasteiger partial charge in [-0.15, -0.1) is 17.4 Å². The number of aryl methyl sites for hydroxylation is 1. The highest BCUT2D eigenvalue weighted by Gasteiger charge is 2.38. The van der Waals surface area contributed by atoms with Gasteiger partial charge >= 0.3 is 0 Å². The van der Waals surface area contributed by atoms with E-state index in [1.807, 2.05) is 0 Å². The zero-order valence-corrected chi connectivity index (χ0v) is 12.5. The number of nitrogens with zero attached hydrogens (tertiary/aromatic N) is 5. The zero-order valence-electron chi connectivity index (χ0n) is 12.5. The highest BCUT2D eigenvalue weighted by Crippen LogP contribution is 2.36. The average molecular weight is 301 g/mol. The predicted octanol–water partition coefficient (Wildman–Crippen LogP) is 1.18. The molecule has 1 atom stereocenters. The van der Waals surface area contributed by atoms with Crippen LogP contribution in [0.25, 0.3) is 0 Å². The molecule has 116 valence electrons. The summed E-state index contributed by atoms with van der Waals surface area (Å²) in [6.07, 6.45) is 8.25. The maximum Gasteiger partial charge on any atom is 0.291 e. The van der Waals surface area contributed by atoms with E-state index in [0.29, 0.717) is 31.4 Å². The Morgan fingerprint density at radius 2 is 2.36 bits per heavy atom. The quantitative estimate of drug-likeness (QED) is 0.771. The fourth-order valence-electron chi connectivity index (χ4n) is 2.43. The van der Waals surface area contributed by atoms with Gasteiger partial charge in [0.25, 0.3) is 5.91 Å². The van der Waals surface area contributed by atoms with Crippen LogP contribution in [0.15, 0.2) is 10.2 Å². The van der Waals surface area contributed by atoms with E-state index in [9.17, 15) is 4.79 Å². The Labute approximate surface area is 128 Å². The summed E-state index contributed by atoms with van der Waals surface area (Å²) >= 11 is 0. The standard InChI is InChI=1S/C14H19N7O/c1-3-4-6-14(19-20-14)7-8-15-12(22)11-17-13-16-10(2)5-9-21(13)18-11/h1,10H,4-9H2,2H3,(H,15,22)(H,16,17,18). The third-order valence-corrected chi connectivity index (χ3v) is 3.89. The van der Waals surface area contributed by atoms with Gasteiger partial charge in [0.05, 0.1) is 0 Å². The van der Waals surface area contributed by atoms with Crippen LogP contribution in [0.3, 0.4) is 0 Å². The van der Waals surface area contributed by atoms with Gasteiger partial charge in [-0.05, 0) is 13.3 Å². The van der Waals surface area contributed by atoms with E-state index >= 15 is 0 Å². The molecule has 0 bridgehead atoms. The number of anilines is 1. The Bertz CT molecular complexity index is 636. The zero-order chi connectivity index (χ0) is 15.6. The van der Waals surface area contributed by atoms with Crippen LogP contribution < -0.4 is 10.6 Å². The third kappa shape index (κ3) is 3.08. The largest absolute Gasteiger partial charge is 0.352 e. The fourth-order valence-corrected chi connectivity index (χ4v) is 2.43. The molecule has 0 spiro atoms. The first-order valence-corrected chi connectivity index (χ1v) is 7.49. The summed E-state index contributed by atoms with van der Waals surface area (Å²) in [6.45, 7) is 3.33. The van der Waals surface area contributed by atoms with Gasteiger partial charge < -0.3 is 10.6 Å². The third-order valence-electron chi connectivity index (χ3n) is 3.89. The van der Waals surface area contributed by atoms with Gasteiger partial charge in [0.1, 0.15) is 0 Å². The average Bonchev–Trinajstić information content (AvgIpc) is 3.14. The molecule has 8 nitrogen and oxygen atoms in total. The molecule has 1 aromatic heterocycles. The lowest BCUT2D eigenvalue weighted by atomic mass is 10.0. The summed E-state index contributed by atoms with van der Waals surface area (Å²) in [4.78, 5) is 16.3. The summed E-state index contributed by atoms with van der Waals surface area (Å²) in [5.74, 6) is 3.16. The Morgan fingerprint density at radius 1 is 1.55 bits per heavy atom. The molecule has 1 aromatic rings. The van der Waals surface area contributed by atoms with E-state index in [1.165, 1.54) is 0 Å². The Kier molecular flexibility index (Phi) is 3.79. The Balaban J connectivity index is 1.50. The van der Waals surface area contributed by atoms with Gasteiger partial charge in [-0.25, -0.2) is 4.68 Å². The number of nitrogens with one attached hydrogen (secondary N) is 2. The van der Waals surface area contributed by atoms with Crippen molar-refractivity contribution >= 4 is 11.9 Å². The molecule has 0 aliphatic carbocycles. The molecule has 0 saturated carbocycles. The molecule has 2 aliphatic rings. The number of hydrogen-bond acceptors (Lipinski definition) is 6. The molecule has 0 radical (unpaired) electrons. The summed E-state index contributed by atoms with van der Waals surface area (Å²) in [7, 11) is 0. The molecule has 1 unspecified atom stereocenters. The lowest BCUT2D eigenvalue weighted by Gasteiger charge is -2.20. The number of rotatable bonds is 6. The number of hydrogen-bond donors (Lipinski definition) is 2. The number of aromatic nitrogens is 3. The predicted molar refractivity (Wildman–Crippen MR) is 80.3 cm³/mol. The molecule has 22 heavy (non-hydrogen) atoms. The molecule has 3 heterocycles. The first-order valence-electron chi connectivity index (χ1n) is 7.49. The van der Waals surface area contributed by atoms with Crippen LogP contribution in [-0.2, 0) is 6.54 Å². The second-order valence-corrected chi connectivity index (χ2v) is 5.71. The van der Waals surface area contributed by atoms with Gasteiger partial charge in [-0.2, -0.15) is 15.2 Å². The van der Waals surface area contributed by atoms with E-state index in [0.717, 1.165) is 19.4 Å². The second-order valence-electron chi connectivity index (χ2n) is 5.71. The number of terminal acetylenes is 1. The summed E-state index contributed by atoms with van der Waals surface area (Å²) < 4.78 is 1.73. The minimum absolute atomic E-state index is 0.193. The van der Waals surface area contributed by atoms with E-state index < -0.39 is 0 Å². The monoisotopic (exact) mass is 301 g/mol. The van der Waals surface area contributed by atoms with Crippen molar-refractivity contribution in [2.75, 3.05) is 11.9 Å². The van der Waals surface area contributed by atoms with Crippen molar-refractivity contribution in [3.63, 3.8) is 0 Å². The van der Waals surface area contributed by atoms with Crippen LogP contribution in [0.4, 0.5) is 5.95 Å². The number of carbonyl (C=O) groups is 1. The topological polar surface area (TPSA) is 96.6 Å². The lowest BCUT2D eigenvalue weighted by Crippen LogP contribution is -2.29. The van der Waals surface area contributed by atoms with Crippen LogP contribution in [-0.4, -0.2) is 38.9 Å². The summed E-state index contributed by atoms with van der Waals surface area (Å²) in [6, 6.07) is 0.349. The van der Waals surface area contributed by atoms with Crippen molar-refractivity contribution in [1.82, 2.24) is 20.1 Å². The first-order chi connectivity index (χ1) is 10.6. The lowest BCUT2D eigenvalue weighted by molar-refractivity contribution is 0.0941. The molecule has 2 N–H and O–H groups in total. The molecule has 0 fully saturated rings. The SMILES string of the molecule is C#CCCC1(CCNC(=O)c2nc3n(n2)CCC(C)N3)N=N1. The van der Waals surface area contributed by atoms with E-state index in [1.54, 1.807) is 4.68 Å². The number of amides is 1. The second kappa shape index (κ2) is 5.75. The van der Waals surface area contributed by atoms with Gasteiger partial charge in [0.2, 0.25) is 11.8 Å². The van der Waals surface area contributed by atoms with Gasteiger partial charge in [-0.3, -0.25) is 4.79 Å². The molecule has 2 aliphatic heterocycles. The fraction of sp³-hybridized carbons (Fsp3) is 0.643. The van der Waals surface area contributed by atoms with Crippen molar-refractivity contribution in [2.24, 2.45) is 10.2 Å². The van der Waals surface area contributed by atoms with Gasteiger partial charge in [-0.1, -0.05) is 0 Å². The molecular formula is C14H19N7O. The maximum atomic E-state index is 12.1. The van der Waals surface area contributed by atoms with Gasteiger partial charge in [0.15, 0.2) is 5.66 Å². The number of fused-ring (bicyclic) bond motifs is 1. The van der Waals surface area contributed by atoms with Crippen molar-refractivity contribution in [3.05, 3.63) is 5.82 Å². The highest BCUT2D eigenvalue weighted by molar-refractivity contribution is 5.90. The maximum absolute atomic E-state index is 12.1. The van der Waals surface area contributed by atoms with E-state index in [2.05, 4.69) is 43.8 Å². The first kappa shape index (κ1) is 14.5. The summed E-state index contributed by atoms with van der Waals surface area (Å²) in [5, 5.41) is 18.3. The minimum atomic E-state index is -0.377. The van der Waals surface area contributed by atoms with Crippen molar-refractivity contribution in [1.29, 1.82) is 0 Å². The molecular weight excluding hydrogens is 282 g/mol. The normalized spacial score (nSPS) is 20.6. The van der Waals surface area contributed by atoms with Crippen LogP contribution in [0.5, 0.6) is 0 Å².